The third-order valence-corrected chi connectivity index (χ3v) is 3.41. The molecule has 2 rings (SSSR count). The second kappa shape index (κ2) is 7.48. The Kier molecular flexibility index (Phi) is 5.61. The zero-order chi connectivity index (χ0) is 12.6. The van der Waals surface area contributed by atoms with Crippen LogP contribution in [0.15, 0.2) is 4.52 Å². The van der Waals surface area contributed by atoms with E-state index in [1.54, 1.807) is 0 Å². The molecule has 0 aliphatic carbocycles. The standard InChI is InChI=1S/C13H23N3O2/c1-11-15-13(16-18-11)10-14-7-3-2-4-12-5-8-17-9-6-12/h12,14H,2-10H2,1H3. The highest BCUT2D eigenvalue weighted by Gasteiger charge is 2.12. The number of hydrogen-bond donors (Lipinski definition) is 1. The van der Waals surface area contributed by atoms with Crippen LogP contribution in [-0.4, -0.2) is 29.9 Å². The summed E-state index contributed by atoms with van der Waals surface area (Å²) in [5, 5.41) is 7.19. The molecule has 0 atom stereocenters. The van der Waals surface area contributed by atoms with Gasteiger partial charge in [0.05, 0.1) is 6.54 Å². The number of nitrogens with zero attached hydrogens (tertiary/aromatic N) is 2. The van der Waals surface area contributed by atoms with Crippen LogP contribution in [0.25, 0.3) is 0 Å². The molecule has 1 aromatic rings. The fourth-order valence-electron chi connectivity index (χ4n) is 2.33. The van der Waals surface area contributed by atoms with Crippen LogP contribution < -0.4 is 5.32 Å². The average molecular weight is 253 g/mol. The van der Waals surface area contributed by atoms with E-state index in [-0.39, 0.29) is 0 Å². The van der Waals surface area contributed by atoms with E-state index in [1.807, 2.05) is 6.92 Å². The molecule has 18 heavy (non-hydrogen) atoms. The summed E-state index contributed by atoms with van der Waals surface area (Å²) in [6.45, 7) is 5.45. The number of aryl methyl sites for hydroxylation is 1. The van der Waals surface area contributed by atoms with E-state index in [1.165, 1.54) is 32.1 Å². The van der Waals surface area contributed by atoms with Gasteiger partial charge in [-0.2, -0.15) is 4.98 Å². The topological polar surface area (TPSA) is 60.2 Å². The summed E-state index contributed by atoms with van der Waals surface area (Å²) in [6, 6.07) is 0. The number of ether oxygens (including phenoxy) is 1. The van der Waals surface area contributed by atoms with Gasteiger partial charge in [0.25, 0.3) is 0 Å². The predicted molar refractivity (Wildman–Crippen MR) is 68.1 cm³/mol. The number of rotatable bonds is 7. The molecular formula is C13H23N3O2. The zero-order valence-electron chi connectivity index (χ0n) is 11.2. The van der Waals surface area contributed by atoms with Crippen molar-refractivity contribution in [3.63, 3.8) is 0 Å². The van der Waals surface area contributed by atoms with Crippen molar-refractivity contribution in [2.45, 2.75) is 45.6 Å². The second-order valence-corrected chi connectivity index (χ2v) is 4.96. The molecule has 1 aliphatic rings. The molecule has 0 saturated carbocycles. The molecule has 1 N–H and O–H groups in total. The Morgan fingerprint density at radius 2 is 2.11 bits per heavy atom. The molecule has 0 amide bonds. The Morgan fingerprint density at radius 3 is 2.83 bits per heavy atom. The molecule has 1 saturated heterocycles. The first-order valence-electron chi connectivity index (χ1n) is 6.92. The first-order chi connectivity index (χ1) is 8.84. The number of unbranched alkanes of at least 4 members (excludes halogenated alkanes) is 1. The van der Waals surface area contributed by atoms with Crippen molar-refractivity contribution in [2.24, 2.45) is 5.92 Å². The van der Waals surface area contributed by atoms with Gasteiger partial charge in [-0.05, 0) is 31.7 Å². The van der Waals surface area contributed by atoms with Gasteiger partial charge < -0.3 is 14.6 Å². The highest BCUT2D eigenvalue weighted by molar-refractivity contribution is 4.82. The van der Waals surface area contributed by atoms with Gasteiger partial charge in [0.15, 0.2) is 5.82 Å². The minimum Gasteiger partial charge on any atom is -0.381 e. The van der Waals surface area contributed by atoms with Crippen LogP contribution >= 0.6 is 0 Å². The Hall–Kier alpha value is -0.940. The summed E-state index contributed by atoms with van der Waals surface area (Å²) in [5.74, 6) is 2.27. The minimum absolute atomic E-state index is 0.631. The van der Waals surface area contributed by atoms with Crippen molar-refractivity contribution >= 4 is 0 Å². The van der Waals surface area contributed by atoms with Crippen LogP contribution in [0.4, 0.5) is 0 Å². The van der Waals surface area contributed by atoms with E-state index in [0.29, 0.717) is 12.4 Å². The predicted octanol–water partition coefficient (Wildman–Crippen LogP) is 2.06. The SMILES string of the molecule is Cc1nc(CNCCCCC2CCOCC2)no1. The Balaban J connectivity index is 1.46. The van der Waals surface area contributed by atoms with Gasteiger partial charge in [-0.25, -0.2) is 0 Å². The number of aromatic nitrogens is 2. The van der Waals surface area contributed by atoms with E-state index in [0.717, 1.165) is 31.5 Å². The maximum Gasteiger partial charge on any atom is 0.223 e. The first kappa shape index (κ1) is 13.5. The van der Waals surface area contributed by atoms with Crippen LogP contribution in [0.3, 0.4) is 0 Å². The van der Waals surface area contributed by atoms with Crippen LogP contribution in [0, 0.1) is 12.8 Å². The lowest BCUT2D eigenvalue weighted by Crippen LogP contribution is -2.17. The molecular weight excluding hydrogens is 230 g/mol. The molecule has 5 heteroatoms. The van der Waals surface area contributed by atoms with E-state index in [2.05, 4.69) is 15.5 Å². The van der Waals surface area contributed by atoms with Crippen molar-refractivity contribution < 1.29 is 9.26 Å². The molecule has 1 aromatic heterocycles. The van der Waals surface area contributed by atoms with Crippen molar-refractivity contribution in [3.8, 4) is 0 Å². The number of nitrogens with one attached hydrogen (secondary N) is 1. The Morgan fingerprint density at radius 1 is 1.28 bits per heavy atom. The summed E-state index contributed by atoms with van der Waals surface area (Å²) in [7, 11) is 0. The van der Waals surface area contributed by atoms with Gasteiger partial charge >= 0.3 is 0 Å². The lowest BCUT2D eigenvalue weighted by Gasteiger charge is -2.21. The monoisotopic (exact) mass is 253 g/mol. The maximum atomic E-state index is 5.36. The van der Waals surface area contributed by atoms with E-state index in [4.69, 9.17) is 9.26 Å². The Labute approximate surface area is 108 Å². The molecule has 0 unspecified atom stereocenters. The van der Waals surface area contributed by atoms with Crippen LogP contribution in [-0.2, 0) is 11.3 Å². The van der Waals surface area contributed by atoms with Crippen LogP contribution in [0.1, 0.15) is 43.8 Å². The molecule has 1 aliphatic heterocycles. The molecule has 5 nitrogen and oxygen atoms in total. The molecule has 0 radical (unpaired) electrons. The average Bonchev–Trinajstić information content (AvgIpc) is 2.81. The minimum atomic E-state index is 0.631. The third kappa shape index (κ3) is 4.74. The van der Waals surface area contributed by atoms with Gasteiger partial charge in [-0.15, -0.1) is 0 Å². The zero-order valence-corrected chi connectivity index (χ0v) is 11.2. The normalized spacial score (nSPS) is 17.2. The van der Waals surface area contributed by atoms with Crippen molar-refractivity contribution in [1.82, 2.24) is 15.5 Å². The lowest BCUT2D eigenvalue weighted by atomic mass is 9.94. The van der Waals surface area contributed by atoms with Crippen LogP contribution in [0.2, 0.25) is 0 Å². The van der Waals surface area contributed by atoms with Gasteiger partial charge in [-0.3, -0.25) is 0 Å². The third-order valence-electron chi connectivity index (χ3n) is 3.41. The van der Waals surface area contributed by atoms with Crippen molar-refractivity contribution in [2.75, 3.05) is 19.8 Å². The van der Waals surface area contributed by atoms with E-state index in [9.17, 15) is 0 Å². The van der Waals surface area contributed by atoms with E-state index >= 15 is 0 Å². The van der Waals surface area contributed by atoms with Crippen molar-refractivity contribution in [3.05, 3.63) is 11.7 Å². The fourth-order valence-corrected chi connectivity index (χ4v) is 2.33. The summed E-state index contributed by atoms with van der Waals surface area (Å²) in [5.41, 5.74) is 0. The van der Waals surface area contributed by atoms with Gasteiger partial charge in [-0.1, -0.05) is 18.0 Å². The highest BCUT2D eigenvalue weighted by atomic mass is 16.5. The molecule has 2 heterocycles. The first-order valence-corrected chi connectivity index (χ1v) is 6.92. The highest BCUT2D eigenvalue weighted by Crippen LogP contribution is 2.20. The molecule has 102 valence electrons. The van der Waals surface area contributed by atoms with Crippen molar-refractivity contribution in [1.29, 1.82) is 0 Å². The second-order valence-electron chi connectivity index (χ2n) is 4.96. The molecule has 0 aromatic carbocycles. The van der Waals surface area contributed by atoms with E-state index < -0.39 is 0 Å². The fraction of sp³-hybridized carbons (Fsp3) is 0.846. The lowest BCUT2D eigenvalue weighted by molar-refractivity contribution is 0.0631. The quantitative estimate of drug-likeness (QED) is 0.754. The van der Waals surface area contributed by atoms with Gasteiger partial charge in [0.1, 0.15) is 0 Å². The summed E-state index contributed by atoms with van der Waals surface area (Å²) < 4.78 is 10.3. The molecule has 1 fully saturated rings. The van der Waals surface area contributed by atoms with Gasteiger partial charge in [0, 0.05) is 20.1 Å². The molecule has 0 spiro atoms. The smallest absolute Gasteiger partial charge is 0.223 e. The summed E-state index contributed by atoms with van der Waals surface area (Å²) in [4.78, 5) is 4.15. The Bertz CT molecular complexity index is 335. The molecule has 0 bridgehead atoms. The van der Waals surface area contributed by atoms with Gasteiger partial charge in [0.2, 0.25) is 5.89 Å². The maximum absolute atomic E-state index is 5.36. The van der Waals surface area contributed by atoms with Crippen LogP contribution in [0.5, 0.6) is 0 Å². The summed E-state index contributed by atoms with van der Waals surface area (Å²) >= 11 is 0. The summed E-state index contributed by atoms with van der Waals surface area (Å²) in [6.07, 6.45) is 6.34. The number of hydrogen-bond acceptors (Lipinski definition) is 5. The largest absolute Gasteiger partial charge is 0.381 e.